The molecular formula is C18H22N4. The van der Waals surface area contributed by atoms with E-state index in [1.165, 1.54) is 24.0 Å². The van der Waals surface area contributed by atoms with Gasteiger partial charge in [0.15, 0.2) is 5.96 Å². The number of fused-ring (bicyclic) bond motifs is 1. The molecule has 0 saturated heterocycles. The Labute approximate surface area is 131 Å². The van der Waals surface area contributed by atoms with E-state index in [9.17, 15) is 0 Å². The topological polar surface area (TPSA) is 63.3 Å². The molecule has 4 nitrogen and oxygen atoms in total. The van der Waals surface area contributed by atoms with Gasteiger partial charge in [-0.05, 0) is 74.1 Å². The maximum absolute atomic E-state index is 6.00. The molecule has 1 aliphatic carbocycles. The Morgan fingerprint density at radius 1 is 1.14 bits per heavy atom. The van der Waals surface area contributed by atoms with E-state index < -0.39 is 0 Å². The Hall–Kier alpha value is -2.36. The number of nitrogens with one attached hydrogen (secondary N) is 1. The summed E-state index contributed by atoms with van der Waals surface area (Å²) in [7, 11) is 0. The zero-order valence-corrected chi connectivity index (χ0v) is 13.2. The lowest BCUT2D eigenvalue weighted by Gasteiger charge is -2.08. The zero-order chi connectivity index (χ0) is 15.5. The van der Waals surface area contributed by atoms with Crippen molar-refractivity contribution in [2.75, 3.05) is 5.32 Å². The van der Waals surface area contributed by atoms with Gasteiger partial charge in [0.25, 0.3) is 0 Å². The van der Waals surface area contributed by atoms with E-state index in [1.54, 1.807) is 0 Å². The number of pyridine rings is 1. The third-order valence-electron chi connectivity index (χ3n) is 3.94. The van der Waals surface area contributed by atoms with Crippen LogP contribution < -0.4 is 11.1 Å². The molecule has 0 spiro atoms. The van der Waals surface area contributed by atoms with Crippen LogP contribution in [0.2, 0.25) is 0 Å². The monoisotopic (exact) mass is 294 g/mol. The molecule has 22 heavy (non-hydrogen) atoms. The second-order valence-electron chi connectivity index (χ2n) is 5.92. The number of hydrogen-bond acceptors (Lipinski definition) is 2. The molecule has 0 aliphatic heterocycles. The quantitative estimate of drug-likeness (QED) is 0.675. The highest BCUT2D eigenvalue weighted by molar-refractivity contribution is 5.92. The Kier molecular flexibility index (Phi) is 4.09. The van der Waals surface area contributed by atoms with E-state index in [0.717, 1.165) is 29.1 Å². The lowest BCUT2D eigenvalue weighted by molar-refractivity contribution is 0.912. The predicted octanol–water partition coefficient (Wildman–Crippen LogP) is 3.11. The lowest BCUT2D eigenvalue weighted by Crippen LogP contribution is -2.22. The molecule has 3 rings (SSSR count). The van der Waals surface area contributed by atoms with Gasteiger partial charge < -0.3 is 11.1 Å². The zero-order valence-electron chi connectivity index (χ0n) is 13.2. The molecule has 0 amide bonds. The molecule has 0 fully saturated rings. The molecule has 0 saturated carbocycles. The van der Waals surface area contributed by atoms with Crippen LogP contribution in [-0.4, -0.2) is 10.9 Å². The number of aryl methyl sites for hydroxylation is 4. The molecule has 1 aliphatic rings. The molecule has 114 valence electrons. The van der Waals surface area contributed by atoms with E-state index in [-0.39, 0.29) is 0 Å². The van der Waals surface area contributed by atoms with Gasteiger partial charge in [0.1, 0.15) is 0 Å². The first-order valence-electron chi connectivity index (χ1n) is 7.73. The Morgan fingerprint density at radius 3 is 2.64 bits per heavy atom. The molecule has 1 aromatic carbocycles. The number of rotatable bonds is 3. The summed E-state index contributed by atoms with van der Waals surface area (Å²) in [6.07, 6.45) is 3.61. The fourth-order valence-electron chi connectivity index (χ4n) is 3.03. The minimum atomic E-state index is 0.449. The van der Waals surface area contributed by atoms with E-state index in [2.05, 4.69) is 33.5 Å². The minimum Gasteiger partial charge on any atom is -0.370 e. The third kappa shape index (κ3) is 3.45. The molecule has 0 unspecified atom stereocenters. The first-order chi connectivity index (χ1) is 10.6. The minimum absolute atomic E-state index is 0.449. The summed E-state index contributed by atoms with van der Waals surface area (Å²) < 4.78 is 0. The first kappa shape index (κ1) is 14.6. The molecule has 1 heterocycles. The van der Waals surface area contributed by atoms with Gasteiger partial charge in [-0.25, -0.2) is 4.99 Å². The van der Waals surface area contributed by atoms with E-state index >= 15 is 0 Å². The average Bonchev–Trinajstić information content (AvgIpc) is 2.92. The Morgan fingerprint density at radius 2 is 1.86 bits per heavy atom. The predicted molar refractivity (Wildman–Crippen MR) is 91.1 cm³/mol. The number of aromatic nitrogens is 1. The van der Waals surface area contributed by atoms with Crippen LogP contribution in [0.5, 0.6) is 0 Å². The van der Waals surface area contributed by atoms with Crippen LogP contribution >= 0.6 is 0 Å². The molecule has 4 heteroatoms. The van der Waals surface area contributed by atoms with Crippen LogP contribution in [0, 0.1) is 13.8 Å². The summed E-state index contributed by atoms with van der Waals surface area (Å²) in [4.78, 5) is 8.79. The highest BCUT2D eigenvalue weighted by Gasteiger charge is 2.10. The summed E-state index contributed by atoms with van der Waals surface area (Å²) in [6, 6.07) is 10.5. The van der Waals surface area contributed by atoms with Gasteiger partial charge in [-0.1, -0.05) is 6.07 Å². The van der Waals surface area contributed by atoms with Crippen LogP contribution in [0.3, 0.4) is 0 Å². The van der Waals surface area contributed by atoms with E-state index in [0.29, 0.717) is 12.5 Å². The summed E-state index contributed by atoms with van der Waals surface area (Å²) in [5.74, 6) is 0.449. The van der Waals surface area contributed by atoms with Crippen molar-refractivity contribution in [2.24, 2.45) is 10.7 Å². The van der Waals surface area contributed by atoms with Crippen molar-refractivity contribution >= 4 is 11.6 Å². The molecular weight excluding hydrogens is 272 g/mol. The number of aliphatic imine (C=N–C) groups is 1. The average molecular weight is 294 g/mol. The molecule has 0 atom stereocenters. The summed E-state index contributed by atoms with van der Waals surface area (Å²) in [5.41, 5.74) is 13.1. The number of benzene rings is 1. The van der Waals surface area contributed by atoms with Gasteiger partial charge >= 0.3 is 0 Å². The molecule has 0 radical (unpaired) electrons. The van der Waals surface area contributed by atoms with Crippen molar-refractivity contribution in [1.29, 1.82) is 0 Å². The van der Waals surface area contributed by atoms with Crippen molar-refractivity contribution in [3.05, 3.63) is 58.4 Å². The van der Waals surface area contributed by atoms with Crippen molar-refractivity contribution in [3.8, 4) is 0 Å². The standard InChI is InChI=1S/C18H22N4/c1-12-8-14(9-13(2)21-12)11-20-18(19)22-17-7-6-15-4-3-5-16(15)10-17/h6-10H,3-5,11H2,1-2H3,(H3,19,20,22). The van der Waals surface area contributed by atoms with E-state index in [1.807, 2.05) is 26.0 Å². The fourth-order valence-corrected chi connectivity index (χ4v) is 3.03. The summed E-state index contributed by atoms with van der Waals surface area (Å²) in [5, 5.41) is 3.18. The van der Waals surface area contributed by atoms with Crippen molar-refractivity contribution < 1.29 is 0 Å². The Bertz CT molecular complexity index is 699. The van der Waals surface area contributed by atoms with Crippen LogP contribution in [0.25, 0.3) is 0 Å². The normalized spacial score (nSPS) is 14.0. The number of nitrogens with zero attached hydrogens (tertiary/aromatic N) is 2. The van der Waals surface area contributed by atoms with Crippen LogP contribution in [0.1, 0.15) is 34.5 Å². The molecule has 0 bridgehead atoms. The third-order valence-corrected chi connectivity index (χ3v) is 3.94. The van der Waals surface area contributed by atoms with Gasteiger partial charge in [0, 0.05) is 17.1 Å². The number of nitrogens with two attached hydrogens (primary N) is 1. The first-order valence-corrected chi connectivity index (χ1v) is 7.73. The highest BCUT2D eigenvalue weighted by Crippen LogP contribution is 2.24. The van der Waals surface area contributed by atoms with Gasteiger partial charge in [-0.2, -0.15) is 0 Å². The van der Waals surface area contributed by atoms with Gasteiger partial charge in [-0.3, -0.25) is 4.98 Å². The largest absolute Gasteiger partial charge is 0.370 e. The smallest absolute Gasteiger partial charge is 0.193 e. The van der Waals surface area contributed by atoms with Gasteiger partial charge in [-0.15, -0.1) is 0 Å². The number of anilines is 1. The second kappa shape index (κ2) is 6.18. The molecule has 1 aromatic heterocycles. The van der Waals surface area contributed by atoms with Crippen molar-refractivity contribution in [3.63, 3.8) is 0 Å². The fraction of sp³-hybridized carbons (Fsp3) is 0.333. The summed E-state index contributed by atoms with van der Waals surface area (Å²) >= 11 is 0. The Balaban J connectivity index is 1.67. The number of hydrogen-bond donors (Lipinski definition) is 2. The SMILES string of the molecule is Cc1cc(CN=C(N)Nc2ccc3c(c2)CCC3)cc(C)n1. The van der Waals surface area contributed by atoms with Crippen LogP contribution in [0.15, 0.2) is 35.3 Å². The maximum atomic E-state index is 6.00. The number of guanidine groups is 1. The molecule has 2 aromatic rings. The van der Waals surface area contributed by atoms with Crippen molar-refractivity contribution in [2.45, 2.75) is 39.7 Å². The van der Waals surface area contributed by atoms with E-state index in [4.69, 9.17) is 5.73 Å². The lowest BCUT2D eigenvalue weighted by atomic mass is 10.1. The van der Waals surface area contributed by atoms with Crippen LogP contribution in [-0.2, 0) is 19.4 Å². The highest BCUT2D eigenvalue weighted by atomic mass is 15.1. The maximum Gasteiger partial charge on any atom is 0.193 e. The van der Waals surface area contributed by atoms with Crippen LogP contribution in [0.4, 0.5) is 5.69 Å². The summed E-state index contributed by atoms with van der Waals surface area (Å²) in [6.45, 7) is 4.55. The second-order valence-corrected chi connectivity index (χ2v) is 5.92. The van der Waals surface area contributed by atoms with Gasteiger partial charge in [0.2, 0.25) is 0 Å². The van der Waals surface area contributed by atoms with Gasteiger partial charge in [0.05, 0.1) is 6.54 Å². The van der Waals surface area contributed by atoms with Crippen molar-refractivity contribution in [1.82, 2.24) is 4.98 Å². The molecule has 3 N–H and O–H groups in total.